The second-order valence-electron chi connectivity index (χ2n) is 6.18. The molecule has 1 fully saturated rings. The highest BCUT2D eigenvalue weighted by molar-refractivity contribution is 7.89. The molecule has 0 aromatic heterocycles. The Labute approximate surface area is 166 Å². The van der Waals surface area contributed by atoms with Crippen molar-refractivity contribution in [2.45, 2.75) is 23.8 Å². The number of benzene rings is 2. The third kappa shape index (κ3) is 4.32. The zero-order chi connectivity index (χ0) is 20.3. The Morgan fingerprint density at radius 3 is 2.32 bits per heavy atom. The van der Waals surface area contributed by atoms with E-state index in [0.717, 1.165) is 28.6 Å². The van der Waals surface area contributed by atoms with E-state index < -0.39 is 33.7 Å². The van der Waals surface area contributed by atoms with Gasteiger partial charge in [-0.05, 0) is 61.4 Å². The number of hydrazine groups is 1. The molecule has 10 heteroatoms. The first-order valence-electron chi connectivity index (χ1n) is 8.42. The Balaban J connectivity index is 1.68. The molecule has 148 valence electrons. The summed E-state index contributed by atoms with van der Waals surface area (Å²) in [6, 6.07) is 9.48. The van der Waals surface area contributed by atoms with E-state index in [0.29, 0.717) is 17.9 Å². The largest absolute Gasteiger partial charge is 0.271 e. The lowest BCUT2D eigenvalue weighted by Gasteiger charge is -2.23. The molecule has 0 radical (unpaired) electrons. The van der Waals surface area contributed by atoms with Gasteiger partial charge in [0.05, 0.1) is 4.90 Å². The van der Waals surface area contributed by atoms with Crippen LogP contribution in [0.2, 0.25) is 5.02 Å². The summed E-state index contributed by atoms with van der Waals surface area (Å²) >= 11 is 5.76. The van der Waals surface area contributed by atoms with Gasteiger partial charge >= 0.3 is 0 Å². The van der Waals surface area contributed by atoms with E-state index in [9.17, 15) is 22.4 Å². The van der Waals surface area contributed by atoms with Gasteiger partial charge in [0, 0.05) is 17.1 Å². The summed E-state index contributed by atoms with van der Waals surface area (Å²) in [6.07, 6.45) is 0.798. The predicted octanol–water partition coefficient (Wildman–Crippen LogP) is 2.09. The molecule has 1 atom stereocenters. The molecule has 0 spiro atoms. The summed E-state index contributed by atoms with van der Waals surface area (Å²) in [5.41, 5.74) is 4.81. The van der Waals surface area contributed by atoms with Crippen molar-refractivity contribution in [2.24, 2.45) is 0 Å². The molecule has 0 bridgehead atoms. The molecular formula is C18H17ClFN3O4S. The number of amides is 2. The van der Waals surface area contributed by atoms with Crippen LogP contribution < -0.4 is 10.9 Å². The molecular weight excluding hydrogens is 409 g/mol. The molecule has 2 amide bonds. The molecule has 7 nitrogen and oxygen atoms in total. The third-order valence-electron chi connectivity index (χ3n) is 4.33. The fourth-order valence-electron chi connectivity index (χ4n) is 2.91. The second-order valence-corrected chi connectivity index (χ2v) is 8.50. The first kappa shape index (κ1) is 20.2. The lowest BCUT2D eigenvalue weighted by atomic mass is 10.2. The van der Waals surface area contributed by atoms with Crippen LogP contribution in [0.5, 0.6) is 0 Å². The van der Waals surface area contributed by atoms with Crippen LogP contribution in [0.15, 0.2) is 53.4 Å². The molecule has 2 aromatic rings. The molecule has 0 aliphatic carbocycles. The van der Waals surface area contributed by atoms with Crippen LogP contribution in [0.3, 0.4) is 0 Å². The standard InChI is InChI=1S/C18H17ClFN3O4S/c19-13-5-3-12(4-6-13)17(24)21-22-18(25)16-2-1-11-23(16)28(26,27)15-9-7-14(20)8-10-15/h3-10,16H,1-2,11H2,(H,21,24)(H,22,25)/t16-/m1/s1. The highest BCUT2D eigenvalue weighted by atomic mass is 35.5. The quantitative estimate of drug-likeness (QED) is 0.733. The number of hydrogen-bond acceptors (Lipinski definition) is 4. The molecule has 0 unspecified atom stereocenters. The Bertz CT molecular complexity index is 981. The van der Waals surface area contributed by atoms with Gasteiger partial charge in [0.25, 0.3) is 11.8 Å². The summed E-state index contributed by atoms with van der Waals surface area (Å²) in [4.78, 5) is 24.4. The average molecular weight is 426 g/mol. The topological polar surface area (TPSA) is 95.6 Å². The van der Waals surface area contributed by atoms with E-state index in [4.69, 9.17) is 11.6 Å². The molecule has 1 heterocycles. The first-order valence-corrected chi connectivity index (χ1v) is 10.2. The van der Waals surface area contributed by atoms with Crippen LogP contribution in [0.25, 0.3) is 0 Å². The smallest absolute Gasteiger partial charge is 0.269 e. The van der Waals surface area contributed by atoms with Gasteiger partial charge in [-0.15, -0.1) is 0 Å². The zero-order valence-electron chi connectivity index (χ0n) is 14.6. The van der Waals surface area contributed by atoms with Crippen molar-refractivity contribution in [2.75, 3.05) is 6.54 Å². The van der Waals surface area contributed by atoms with Crippen LogP contribution in [0, 0.1) is 5.82 Å². The maximum Gasteiger partial charge on any atom is 0.269 e. The van der Waals surface area contributed by atoms with Crippen LogP contribution in [0.1, 0.15) is 23.2 Å². The van der Waals surface area contributed by atoms with Crippen molar-refractivity contribution in [3.8, 4) is 0 Å². The minimum Gasteiger partial charge on any atom is -0.271 e. The highest BCUT2D eigenvalue weighted by Gasteiger charge is 2.39. The Hall–Kier alpha value is -2.49. The highest BCUT2D eigenvalue weighted by Crippen LogP contribution is 2.26. The minimum absolute atomic E-state index is 0.0983. The van der Waals surface area contributed by atoms with Gasteiger partial charge in [-0.1, -0.05) is 11.6 Å². The number of rotatable bonds is 4. The van der Waals surface area contributed by atoms with E-state index in [1.807, 2.05) is 0 Å². The predicted molar refractivity (Wildman–Crippen MR) is 100 cm³/mol. The van der Waals surface area contributed by atoms with Crippen molar-refractivity contribution in [3.63, 3.8) is 0 Å². The Kier molecular flexibility index (Phi) is 5.97. The summed E-state index contributed by atoms with van der Waals surface area (Å²) in [7, 11) is -3.97. The average Bonchev–Trinajstić information content (AvgIpc) is 3.17. The van der Waals surface area contributed by atoms with E-state index in [1.165, 1.54) is 24.3 Å². The van der Waals surface area contributed by atoms with Gasteiger partial charge < -0.3 is 0 Å². The Morgan fingerprint density at radius 1 is 1.04 bits per heavy atom. The van der Waals surface area contributed by atoms with Crippen LogP contribution in [-0.2, 0) is 14.8 Å². The van der Waals surface area contributed by atoms with Crippen molar-refractivity contribution in [1.82, 2.24) is 15.2 Å². The van der Waals surface area contributed by atoms with Crippen molar-refractivity contribution in [1.29, 1.82) is 0 Å². The number of nitrogens with one attached hydrogen (secondary N) is 2. The minimum atomic E-state index is -3.97. The molecule has 28 heavy (non-hydrogen) atoms. The summed E-state index contributed by atoms with van der Waals surface area (Å²) in [6.45, 7) is 0.156. The molecule has 1 aliphatic heterocycles. The van der Waals surface area contributed by atoms with Gasteiger partial charge in [0.2, 0.25) is 10.0 Å². The van der Waals surface area contributed by atoms with E-state index in [1.54, 1.807) is 0 Å². The van der Waals surface area contributed by atoms with Crippen molar-refractivity contribution < 1.29 is 22.4 Å². The van der Waals surface area contributed by atoms with E-state index in [2.05, 4.69) is 10.9 Å². The Morgan fingerprint density at radius 2 is 1.68 bits per heavy atom. The van der Waals surface area contributed by atoms with Crippen molar-refractivity contribution in [3.05, 3.63) is 64.9 Å². The van der Waals surface area contributed by atoms with Gasteiger partial charge in [-0.25, -0.2) is 12.8 Å². The fraction of sp³-hybridized carbons (Fsp3) is 0.222. The number of carbonyl (C=O) groups is 2. The van der Waals surface area contributed by atoms with Gasteiger partial charge in [0.1, 0.15) is 11.9 Å². The van der Waals surface area contributed by atoms with E-state index >= 15 is 0 Å². The lowest BCUT2D eigenvalue weighted by Crippen LogP contribution is -2.51. The van der Waals surface area contributed by atoms with Crippen LogP contribution >= 0.6 is 11.6 Å². The maximum absolute atomic E-state index is 13.1. The lowest BCUT2D eigenvalue weighted by molar-refractivity contribution is -0.125. The first-order chi connectivity index (χ1) is 13.3. The van der Waals surface area contributed by atoms with Gasteiger partial charge in [-0.2, -0.15) is 4.31 Å². The molecule has 1 saturated heterocycles. The second kappa shape index (κ2) is 8.26. The van der Waals surface area contributed by atoms with E-state index in [-0.39, 0.29) is 17.0 Å². The number of hydrogen-bond donors (Lipinski definition) is 2. The zero-order valence-corrected chi connectivity index (χ0v) is 16.1. The molecule has 1 aliphatic rings. The third-order valence-corrected chi connectivity index (χ3v) is 6.51. The van der Waals surface area contributed by atoms with Crippen LogP contribution in [0.4, 0.5) is 4.39 Å². The summed E-state index contributed by atoms with van der Waals surface area (Å²) in [5, 5.41) is 0.466. The van der Waals surface area contributed by atoms with Gasteiger partial charge in [0.15, 0.2) is 0 Å². The monoisotopic (exact) mass is 425 g/mol. The number of sulfonamides is 1. The summed E-state index contributed by atoms with van der Waals surface area (Å²) in [5.74, 6) is -1.76. The fourth-order valence-corrected chi connectivity index (χ4v) is 4.69. The molecule has 2 N–H and O–H groups in total. The number of nitrogens with zero attached hydrogens (tertiary/aromatic N) is 1. The number of carbonyl (C=O) groups excluding carboxylic acids is 2. The maximum atomic E-state index is 13.1. The molecule has 0 saturated carbocycles. The number of halogens is 2. The SMILES string of the molecule is O=C(NNC(=O)[C@H]1CCCN1S(=O)(=O)c1ccc(F)cc1)c1ccc(Cl)cc1. The normalized spacial score (nSPS) is 17.3. The van der Waals surface area contributed by atoms with Gasteiger partial charge in [-0.3, -0.25) is 20.4 Å². The van der Waals surface area contributed by atoms with Crippen molar-refractivity contribution >= 4 is 33.4 Å². The summed E-state index contributed by atoms with van der Waals surface area (Å²) < 4.78 is 39.7. The molecule has 2 aromatic carbocycles. The molecule has 3 rings (SSSR count). The van der Waals surface area contributed by atoms with Crippen LogP contribution in [-0.4, -0.2) is 37.1 Å².